The van der Waals surface area contributed by atoms with E-state index in [0.29, 0.717) is 16.0 Å². The second-order valence-electron chi connectivity index (χ2n) is 5.51. The van der Waals surface area contributed by atoms with Crippen LogP contribution in [-0.4, -0.2) is 29.9 Å². The molecular formula is C15H11F3N6S. The van der Waals surface area contributed by atoms with Crippen LogP contribution in [0.25, 0.3) is 11.4 Å². The molecule has 3 heterocycles. The molecule has 10 heteroatoms. The van der Waals surface area contributed by atoms with Crippen LogP contribution in [0.5, 0.6) is 0 Å². The average Bonchev–Trinajstić information content (AvgIpc) is 3.36. The van der Waals surface area contributed by atoms with Gasteiger partial charge >= 0.3 is 6.18 Å². The molecule has 0 amide bonds. The van der Waals surface area contributed by atoms with Crippen LogP contribution in [0.4, 0.5) is 13.2 Å². The van der Waals surface area contributed by atoms with E-state index in [1.165, 1.54) is 6.07 Å². The molecule has 0 saturated heterocycles. The summed E-state index contributed by atoms with van der Waals surface area (Å²) in [4.78, 5) is 4.09. The Labute approximate surface area is 144 Å². The molecule has 6 nitrogen and oxygen atoms in total. The van der Waals surface area contributed by atoms with Crippen molar-refractivity contribution < 1.29 is 13.2 Å². The first-order valence-electron chi connectivity index (χ1n) is 7.46. The topological polar surface area (TPSA) is 69.4 Å². The van der Waals surface area contributed by atoms with Crippen LogP contribution in [0.1, 0.15) is 24.6 Å². The lowest BCUT2D eigenvalue weighted by atomic mass is 10.3. The van der Waals surface area contributed by atoms with Crippen LogP contribution >= 0.6 is 11.8 Å². The number of aromatic nitrogens is 6. The molecule has 1 aliphatic rings. The molecule has 0 spiro atoms. The summed E-state index contributed by atoms with van der Waals surface area (Å²) in [6.45, 7) is 0. The Kier molecular flexibility index (Phi) is 3.91. The molecular weight excluding hydrogens is 353 g/mol. The molecule has 3 aromatic rings. The Balaban J connectivity index is 1.64. The minimum Gasteiger partial charge on any atom is -0.299 e. The summed E-state index contributed by atoms with van der Waals surface area (Å²) in [5.41, 5.74) is -0.177. The van der Waals surface area contributed by atoms with Gasteiger partial charge in [-0.3, -0.25) is 9.55 Å². The lowest BCUT2D eigenvalue weighted by molar-refractivity contribution is -0.141. The van der Waals surface area contributed by atoms with Crippen LogP contribution in [0.15, 0.2) is 46.8 Å². The van der Waals surface area contributed by atoms with Crippen molar-refractivity contribution in [1.29, 1.82) is 0 Å². The zero-order valence-electron chi connectivity index (χ0n) is 12.7. The maximum absolute atomic E-state index is 12.6. The fourth-order valence-corrected chi connectivity index (χ4v) is 3.14. The van der Waals surface area contributed by atoms with Crippen LogP contribution < -0.4 is 0 Å². The van der Waals surface area contributed by atoms with E-state index < -0.39 is 11.9 Å². The minimum atomic E-state index is -4.50. The van der Waals surface area contributed by atoms with Gasteiger partial charge in [-0.1, -0.05) is 0 Å². The van der Waals surface area contributed by atoms with Crippen molar-refractivity contribution in [3.8, 4) is 11.4 Å². The summed E-state index contributed by atoms with van der Waals surface area (Å²) in [7, 11) is 0. The van der Waals surface area contributed by atoms with E-state index in [0.717, 1.165) is 36.2 Å². The van der Waals surface area contributed by atoms with Crippen LogP contribution in [0.2, 0.25) is 0 Å². The fourth-order valence-electron chi connectivity index (χ4n) is 2.32. The molecule has 1 fully saturated rings. The summed E-state index contributed by atoms with van der Waals surface area (Å²) < 4.78 is 39.7. The Morgan fingerprint density at radius 2 is 1.88 bits per heavy atom. The SMILES string of the molecule is FC(F)(F)c1ccc(Sc2nnc(-c3cccnc3)n2C2CC2)nn1. The molecule has 0 N–H and O–H groups in total. The molecule has 1 aliphatic carbocycles. The molecule has 0 radical (unpaired) electrons. The highest BCUT2D eigenvalue weighted by atomic mass is 32.2. The van der Waals surface area contributed by atoms with Crippen molar-refractivity contribution in [2.75, 3.05) is 0 Å². The van der Waals surface area contributed by atoms with Crippen molar-refractivity contribution in [1.82, 2.24) is 29.9 Å². The first-order valence-corrected chi connectivity index (χ1v) is 8.28. The Morgan fingerprint density at radius 3 is 2.48 bits per heavy atom. The van der Waals surface area contributed by atoms with E-state index >= 15 is 0 Å². The third-order valence-corrected chi connectivity index (χ3v) is 4.51. The van der Waals surface area contributed by atoms with Crippen molar-refractivity contribution >= 4 is 11.8 Å². The molecule has 0 atom stereocenters. The summed E-state index contributed by atoms with van der Waals surface area (Å²) in [5.74, 6) is 0.693. The molecule has 25 heavy (non-hydrogen) atoms. The highest BCUT2D eigenvalue weighted by Gasteiger charge is 2.33. The van der Waals surface area contributed by atoms with Gasteiger partial charge in [0.05, 0.1) is 0 Å². The van der Waals surface area contributed by atoms with Gasteiger partial charge in [0, 0.05) is 24.0 Å². The summed E-state index contributed by atoms with van der Waals surface area (Å²) in [6, 6.07) is 6.19. The summed E-state index contributed by atoms with van der Waals surface area (Å²) in [6.07, 6.45) is 0.900. The third kappa shape index (κ3) is 3.34. The smallest absolute Gasteiger partial charge is 0.299 e. The Bertz CT molecular complexity index is 875. The highest BCUT2D eigenvalue weighted by Crippen LogP contribution is 2.42. The third-order valence-electron chi connectivity index (χ3n) is 3.62. The fraction of sp³-hybridized carbons (Fsp3) is 0.267. The molecule has 1 saturated carbocycles. The summed E-state index contributed by atoms with van der Waals surface area (Å²) >= 11 is 1.15. The van der Waals surface area contributed by atoms with Crippen LogP contribution in [0, 0.1) is 0 Å². The summed E-state index contributed by atoms with van der Waals surface area (Å²) in [5, 5.41) is 16.2. The second kappa shape index (κ2) is 6.10. The van der Waals surface area contributed by atoms with Gasteiger partial charge in [0.25, 0.3) is 0 Å². The van der Waals surface area contributed by atoms with Crippen molar-refractivity contribution in [2.24, 2.45) is 0 Å². The van der Waals surface area contributed by atoms with Gasteiger partial charge in [-0.15, -0.1) is 20.4 Å². The van der Waals surface area contributed by atoms with E-state index in [2.05, 4.69) is 25.4 Å². The monoisotopic (exact) mass is 364 g/mol. The number of hydrogen-bond donors (Lipinski definition) is 0. The van der Waals surface area contributed by atoms with Crippen molar-refractivity contribution in [3.05, 3.63) is 42.4 Å². The van der Waals surface area contributed by atoms with E-state index in [1.807, 2.05) is 16.7 Å². The minimum absolute atomic E-state index is 0.287. The standard InChI is InChI=1S/C15H11F3N6S/c16-15(17,18)11-5-6-12(21-20-11)25-14-23-22-13(24(14)10-3-4-10)9-2-1-7-19-8-9/h1-2,5-8,10H,3-4H2. The average molecular weight is 364 g/mol. The first-order chi connectivity index (χ1) is 12.0. The number of rotatable bonds is 4. The second-order valence-corrected chi connectivity index (χ2v) is 6.49. The van der Waals surface area contributed by atoms with Gasteiger partial charge in [-0.25, -0.2) is 0 Å². The molecule has 3 aromatic heterocycles. The molecule has 128 valence electrons. The first kappa shape index (κ1) is 16.0. The van der Waals surface area contributed by atoms with Gasteiger partial charge in [-0.2, -0.15) is 13.2 Å². The number of halogens is 3. The quantitative estimate of drug-likeness (QED) is 0.704. The van der Waals surface area contributed by atoms with Crippen molar-refractivity contribution in [3.63, 3.8) is 0 Å². The van der Waals surface area contributed by atoms with Gasteiger partial charge in [-0.05, 0) is 48.9 Å². The highest BCUT2D eigenvalue weighted by molar-refractivity contribution is 7.99. The lowest BCUT2D eigenvalue weighted by Crippen LogP contribution is -2.09. The molecule has 0 aliphatic heterocycles. The van der Waals surface area contributed by atoms with Crippen molar-refractivity contribution in [2.45, 2.75) is 35.2 Å². The largest absolute Gasteiger partial charge is 0.435 e. The van der Waals surface area contributed by atoms with Gasteiger partial charge in [0.15, 0.2) is 16.7 Å². The van der Waals surface area contributed by atoms with E-state index in [9.17, 15) is 13.2 Å². The number of nitrogens with zero attached hydrogens (tertiary/aromatic N) is 6. The molecule has 4 rings (SSSR count). The van der Waals surface area contributed by atoms with E-state index in [-0.39, 0.29) is 6.04 Å². The zero-order chi connectivity index (χ0) is 17.4. The normalized spacial score (nSPS) is 14.7. The molecule has 0 bridgehead atoms. The predicted molar refractivity (Wildman–Crippen MR) is 82.7 cm³/mol. The van der Waals surface area contributed by atoms with Gasteiger partial charge < -0.3 is 0 Å². The maximum Gasteiger partial charge on any atom is 0.435 e. The number of pyridine rings is 1. The van der Waals surface area contributed by atoms with E-state index in [1.54, 1.807) is 12.4 Å². The van der Waals surface area contributed by atoms with Crippen LogP contribution in [-0.2, 0) is 6.18 Å². The Morgan fingerprint density at radius 1 is 1.04 bits per heavy atom. The predicted octanol–water partition coefficient (Wildman–Crippen LogP) is 3.64. The van der Waals surface area contributed by atoms with E-state index in [4.69, 9.17) is 0 Å². The van der Waals surface area contributed by atoms with Gasteiger partial charge in [0.2, 0.25) is 0 Å². The maximum atomic E-state index is 12.6. The number of hydrogen-bond acceptors (Lipinski definition) is 6. The van der Waals surface area contributed by atoms with Gasteiger partial charge in [0.1, 0.15) is 5.03 Å². The van der Waals surface area contributed by atoms with Crippen LogP contribution in [0.3, 0.4) is 0 Å². The zero-order valence-corrected chi connectivity index (χ0v) is 13.5. The molecule has 0 aromatic carbocycles. The number of alkyl halides is 3. The lowest BCUT2D eigenvalue weighted by Gasteiger charge is -2.08. The molecule has 0 unspecified atom stereocenters. The Hall–Kier alpha value is -2.49.